The van der Waals surface area contributed by atoms with E-state index in [0.717, 1.165) is 12.8 Å². The molecule has 17 heavy (non-hydrogen) atoms. The summed E-state index contributed by atoms with van der Waals surface area (Å²) in [5, 5.41) is 9.24. The molecule has 0 saturated carbocycles. The molecule has 2 fully saturated rings. The Hall–Kier alpha value is -0.160. The van der Waals surface area contributed by atoms with Gasteiger partial charge in [0.2, 0.25) is 0 Å². The number of ether oxygens (including phenoxy) is 2. The van der Waals surface area contributed by atoms with Crippen LogP contribution in [0.1, 0.15) is 40.5 Å². The van der Waals surface area contributed by atoms with Crippen molar-refractivity contribution in [3.63, 3.8) is 0 Å². The summed E-state index contributed by atoms with van der Waals surface area (Å²) in [5.41, 5.74) is -0.0381. The SMILES string of the molecule is CC1(C)CC2(CC(C)(C)N1CCO)OCCO2. The molecular weight excluding hydrogens is 218 g/mol. The van der Waals surface area contributed by atoms with Crippen LogP contribution in [0.4, 0.5) is 0 Å². The van der Waals surface area contributed by atoms with Gasteiger partial charge in [-0.2, -0.15) is 0 Å². The molecular formula is C13H25NO3. The maximum absolute atomic E-state index is 9.24. The number of rotatable bonds is 2. The van der Waals surface area contributed by atoms with Crippen LogP contribution in [-0.4, -0.2) is 53.2 Å². The lowest BCUT2D eigenvalue weighted by Crippen LogP contribution is -2.66. The van der Waals surface area contributed by atoms with Crippen molar-refractivity contribution in [1.29, 1.82) is 0 Å². The molecule has 100 valence electrons. The monoisotopic (exact) mass is 243 g/mol. The highest BCUT2D eigenvalue weighted by Gasteiger charge is 2.54. The summed E-state index contributed by atoms with van der Waals surface area (Å²) < 4.78 is 11.7. The van der Waals surface area contributed by atoms with E-state index in [1.165, 1.54) is 0 Å². The molecule has 4 nitrogen and oxygen atoms in total. The van der Waals surface area contributed by atoms with Gasteiger partial charge in [0.1, 0.15) is 0 Å². The molecule has 0 aromatic carbocycles. The predicted molar refractivity (Wildman–Crippen MR) is 65.8 cm³/mol. The van der Waals surface area contributed by atoms with Gasteiger partial charge < -0.3 is 14.6 Å². The van der Waals surface area contributed by atoms with Crippen LogP contribution in [-0.2, 0) is 9.47 Å². The lowest BCUT2D eigenvalue weighted by atomic mass is 9.76. The number of hydrogen-bond acceptors (Lipinski definition) is 4. The van der Waals surface area contributed by atoms with Gasteiger partial charge >= 0.3 is 0 Å². The first-order chi connectivity index (χ1) is 7.81. The molecule has 0 unspecified atom stereocenters. The summed E-state index contributed by atoms with van der Waals surface area (Å²) in [6.07, 6.45) is 1.73. The fourth-order valence-electron chi connectivity index (χ4n) is 3.80. The van der Waals surface area contributed by atoms with Crippen molar-refractivity contribution < 1.29 is 14.6 Å². The summed E-state index contributed by atoms with van der Waals surface area (Å²) in [6, 6.07) is 0. The molecule has 0 atom stereocenters. The Kier molecular flexibility index (Phi) is 3.28. The van der Waals surface area contributed by atoms with Crippen LogP contribution in [0.5, 0.6) is 0 Å². The van der Waals surface area contributed by atoms with Gasteiger partial charge in [0.25, 0.3) is 0 Å². The molecule has 1 N–H and O–H groups in total. The van der Waals surface area contributed by atoms with Crippen LogP contribution < -0.4 is 0 Å². The zero-order valence-corrected chi connectivity index (χ0v) is 11.5. The normalized spacial score (nSPS) is 30.9. The number of aliphatic hydroxyl groups is 1. The molecule has 0 radical (unpaired) electrons. The second-order valence-corrected chi connectivity index (χ2v) is 6.46. The summed E-state index contributed by atoms with van der Waals surface area (Å²) >= 11 is 0. The van der Waals surface area contributed by atoms with E-state index < -0.39 is 5.79 Å². The lowest BCUT2D eigenvalue weighted by Gasteiger charge is -2.57. The first-order valence-corrected chi connectivity index (χ1v) is 6.48. The average Bonchev–Trinajstić information content (AvgIpc) is 2.58. The molecule has 1 spiro atoms. The predicted octanol–water partition coefficient (Wildman–Crippen LogP) is 1.37. The molecule has 2 saturated heterocycles. The molecule has 4 heteroatoms. The second kappa shape index (κ2) is 4.19. The molecule has 2 rings (SSSR count). The Balaban J connectivity index is 2.24. The summed E-state index contributed by atoms with van der Waals surface area (Å²) in [5.74, 6) is -0.404. The van der Waals surface area contributed by atoms with Gasteiger partial charge in [-0.15, -0.1) is 0 Å². The molecule has 0 aromatic rings. The molecule has 0 amide bonds. The summed E-state index contributed by atoms with van der Waals surface area (Å²) in [4.78, 5) is 2.37. The van der Waals surface area contributed by atoms with Gasteiger partial charge in [-0.25, -0.2) is 0 Å². The van der Waals surface area contributed by atoms with Crippen LogP contribution in [0.3, 0.4) is 0 Å². The number of aliphatic hydroxyl groups excluding tert-OH is 1. The van der Waals surface area contributed by atoms with Crippen molar-refractivity contribution in [2.45, 2.75) is 57.4 Å². The Morgan fingerprint density at radius 3 is 1.88 bits per heavy atom. The molecule has 0 aliphatic carbocycles. The third-order valence-corrected chi connectivity index (χ3v) is 4.00. The van der Waals surface area contributed by atoms with E-state index in [1.54, 1.807) is 0 Å². The van der Waals surface area contributed by atoms with Crippen molar-refractivity contribution in [2.24, 2.45) is 0 Å². The van der Waals surface area contributed by atoms with Crippen molar-refractivity contribution >= 4 is 0 Å². The van der Waals surface area contributed by atoms with Crippen molar-refractivity contribution in [2.75, 3.05) is 26.4 Å². The van der Waals surface area contributed by atoms with Crippen molar-refractivity contribution in [3.05, 3.63) is 0 Å². The van der Waals surface area contributed by atoms with E-state index in [2.05, 4.69) is 32.6 Å². The molecule has 2 aliphatic heterocycles. The van der Waals surface area contributed by atoms with Crippen LogP contribution in [0.15, 0.2) is 0 Å². The highest BCUT2D eigenvalue weighted by molar-refractivity contribution is 5.04. The highest BCUT2D eigenvalue weighted by Crippen LogP contribution is 2.46. The summed E-state index contributed by atoms with van der Waals surface area (Å²) in [7, 11) is 0. The number of likely N-dealkylation sites (tertiary alicyclic amines) is 1. The van der Waals surface area contributed by atoms with Crippen molar-refractivity contribution in [3.8, 4) is 0 Å². The van der Waals surface area contributed by atoms with Gasteiger partial charge in [-0.05, 0) is 27.7 Å². The van der Waals surface area contributed by atoms with Crippen LogP contribution in [0.25, 0.3) is 0 Å². The molecule has 2 aliphatic rings. The third-order valence-electron chi connectivity index (χ3n) is 4.00. The van der Waals surface area contributed by atoms with Crippen LogP contribution in [0.2, 0.25) is 0 Å². The number of hydrogen-bond donors (Lipinski definition) is 1. The Morgan fingerprint density at radius 1 is 1.00 bits per heavy atom. The zero-order valence-electron chi connectivity index (χ0n) is 11.5. The summed E-state index contributed by atoms with van der Waals surface area (Å²) in [6.45, 7) is 11.1. The van der Waals surface area contributed by atoms with Gasteiger partial charge in [0.05, 0.1) is 19.8 Å². The van der Waals surface area contributed by atoms with E-state index in [9.17, 15) is 5.11 Å². The molecule has 2 heterocycles. The maximum Gasteiger partial charge on any atom is 0.171 e. The van der Waals surface area contributed by atoms with Gasteiger partial charge in [-0.1, -0.05) is 0 Å². The van der Waals surface area contributed by atoms with Crippen LogP contribution in [0, 0.1) is 0 Å². The highest BCUT2D eigenvalue weighted by atomic mass is 16.7. The van der Waals surface area contributed by atoms with E-state index >= 15 is 0 Å². The molecule has 0 bridgehead atoms. The Morgan fingerprint density at radius 2 is 1.47 bits per heavy atom. The largest absolute Gasteiger partial charge is 0.395 e. The number of piperidine rings is 1. The van der Waals surface area contributed by atoms with Gasteiger partial charge in [0.15, 0.2) is 5.79 Å². The van der Waals surface area contributed by atoms with Crippen LogP contribution >= 0.6 is 0 Å². The Bertz CT molecular complexity index is 262. The zero-order chi connectivity index (χ0) is 12.7. The van der Waals surface area contributed by atoms with E-state index in [4.69, 9.17) is 9.47 Å². The first kappa shape index (κ1) is 13.3. The average molecular weight is 243 g/mol. The maximum atomic E-state index is 9.24. The quantitative estimate of drug-likeness (QED) is 0.795. The number of β-amino-alcohol motifs (C(OH)–C–C–N with tert-alkyl or cyclic N) is 1. The lowest BCUT2D eigenvalue weighted by molar-refractivity contribution is -0.240. The third kappa shape index (κ3) is 2.36. The number of nitrogens with zero attached hydrogens (tertiary/aromatic N) is 1. The van der Waals surface area contributed by atoms with Crippen molar-refractivity contribution in [1.82, 2.24) is 4.90 Å². The fraction of sp³-hybridized carbons (Fsp3) is 1.00. The fourth-order valence-corrected chi connectivity index (χ4v) is 3.80. The minimum Gasteiger partial charge on any atom is -0.395 e. The van der Waals surface area contributed by atoms with E-state index in [-0.39, 0.29) is 17.7 Å². The smallest absolute Gasteiger partial charge is 0.171 e. The first-order valence-electron chi connectivity index (χ1n) is 6.48. The topological polar surface area (TPSA) is 41.9 Å². The minimum atomic E-state index is -0.404. The standard InChI is InChI=1S/C13H25NO3/c1-11(2)9-13(16-7-8-17-13)10-12(3,4)14(11)5-6-15/h15H,5-10H2,1-4H3. The second-order valence-electron chi connectivity index (χ2n) is 6.46. The van der Waals surface area contributed by atoms with Gasteiger partial charge in [0, 0.05) is 30.5 Å². The van der Waals surface area contributed by atoms with Gasteiger partial charge in [-0.3, -0.25) is 4.90 Å². The molecule has 0 aromatic heterocycles. The minimum absolute atomic E-state index is 0.0190. The Labute approximate surface area is 104 Å². The van der Waals surface area contributed by atoms with E-state index in [0.29, 0.717) is 19.8 Å². The van der Waals surface area contributed by atoms with E-state index in [1.807, 2.05) is 0 Å².